The van der Waals surface area contributed by atoms with Gasteiger partial charge in [0.05, 0.1) is 6.04 Å². The molecule has 0 aromatic heterocycles. The molecule has 2 N–H and O–H groups in total. The predicted molar refractivity (Wildman–Crippen MR) is 89.6 cm³/mol. The van der Waals surface area contributed by atoms with Crippen LogP contribution < -0.4 is 5.73 Å². The molecule has 0 spiro atoms. The summed E-state index contributed by atoms with van der Waals surface area (Å²) in [6.07, 6.45) is 4.93. The smallest absolute Gasteiger partial charge is 0.239 e. The van der Waals surface area contributed by atoms with E-state index in [9.17, 15) is 4.79 Å². The highest BCUT2D eigenvalue weighted by Crippen LogP contribution is 2.24. The molecule has 1 aliphatic rings. The van der Waals surface area contributed by atoms with Gasteiger partial charge in [-0.2, -0.15) is 23.5 Å². The lowest BCUT2D eigenvalue weighted by molar-refractivity contribution is -0.131. The first-order valence-electron chi connectivity index (χ1n) is 6.23. The summed E-state index contributed by atoms with van der Waals surface area (Å²) in [5.74, 6) is 1.07. The van der Waals surface area contributed by atoms with Crippen molar-refractivity contribution in [2.24, 2.45) is 5.73 Å². The number of carbonyl (C=O) groups is 1. The van der Waals surface area contributed by atoms with Gasteiger partial charge in [-0.25, -0.2) is 0 Å². The molecule has 0 saturated carbocycles. The fourth-order valence-corrected chi connectivity index (χ4v) is 3.73. The molecule has 1 aliphatic heterocycles. The average Bonchev–Trinajstić information content (AvgIpc) is 2.79. The Morgan fingerprint density at radius 3 is 2.47 bits per heavy atom. The number of likely N-dealkylation sites (N-methyl/N-ethyl adjacent to an activating group) is 1. The van der Waals surface area contributed by atoms with E-state index in [0.29, 0.717) is 11.3 Å². The summed E-state index contributed by atoms with van der Waals surface area (Å²) in [7, 11) is 4.16. The van der Waals surface area contributed by atoms with Crippen LogP contribution >= 0.6 is 35.9 Å². The molecule has 19 heavy (non-hydrogen) atoms. The number of rotatable bonds is 6. The molecular weight excluding hydrogens is 302 g/mol. The standard InChI is InChI=1S/C12H25N3OS2.ClH/c1-14(2)10-7-15(8-11(10)18-4)12(16)9(13)5-6-17-3;/h9-11H,5-8,13H2,1-4H3;1H. The second-order valence-corrected chi connectivity index (χ2v) is 7.00. The molecule has 0 bridgehead atoms. The molecule has 1 rings (SSSR count). The topological polar surface area (TPSA) is 49.6 Å². The van der Waals surface area contributed by atoms with E-state index in [4.69, 9.17) is 5.73 Å². The summed E-state index contributed by atoms with van der Waals surface area (Å²) < 4.78 is 0. The molecule has 3 atom stereocenters. The van der Waals surface area contributed by atoms with Gasteiger partial charge in [-0.05, 0) is 38.8 Å². The lowest BCUT2D eigenvalue weighted by atomic mass is 10.2. The quantitative estimate of drug-likeness (QED) is 0.788. The lowest BCUT2D eigenvalue weighted by Gasteiger charge is -2.23. The van der Waals surface area contributed by atoms with Crippen LogP contribution in [-0.4, -0.2) is 78.5 Å². The van der Waals surface area contributed by atoms with Crippen LogP contribution in [0, 0.1) is 0 Å². The van der Waals surface area contributed by atoms with Crippen molar-refractivity contribution in [1.82, 2.24) is 9.80 Å². The third-order valence-electron chi connectivity index (χ3n) is 3.46. The van der Waals surface area contributed by atoms with Gasteiger partial charge in [0.15, 0.2) is 0 Å². The van der Waals surface area contributed by atoms with E-state index < -0.39 is 0 Å². The number of halogens is 1. The van der Waals surface area contributed by atoms with Crippen molar-refractivity contribution >= 4 is 41.8 Å². The highest BCUT2D eigenvalue weighted by Gasteiger charge is 2.37. The van der Waals surface area contributed by atoms with Gasteiger partial charge >= 0.3 is 0 Å². The van der Waals surface area contributed by atoms with Crippen LogP contribution in [0.4, 0.5) is 0 Å². The van der Waals surface area contributed by atoms with Crippen LogP contribution in [0.1, 0.15) is 6.42 Å². The zero-order valence-electron chi connectivity index (χ0n) is 12.2. The van der Waals surface area contributed by atoms with E-state index >= 15 is 0 Å². The highest BCUT2D eigenvalue weighted by molar-refractivity contribution is 7.99. The number of thioether (sulfide) groups is 2. The Labute approximate surface area is 131 Å². The molecule has 4 nitrogen and oxygen atoms in total. The van der Waals surface area contributed by atoms with Crippen LogP contribution in [0.15, 0.2) is 0 Å². The number of likely N-dealkylation sites (tertiary alicyclic amines) is 1. The van der Waals surface area contributed by atoms with Gasteiger partial charge in [-0.15, -0.1) is 12.4 Å². The lowest BCUT2D eigenvalue weighted by Crippen LogP contribution is -2.44. The maximum absolute atomic E-state index is 12.2. The van der Waals surface area contributed by atoms with Crippen molar-refractivity contribution < 1.29 is 4.79 Å². The molecule has 114 valence electrons. The van der Waals surface area contributed by atoms with Gasteiger partial charge in [0.2, 0.25) is 5.91 Å². The minimum absolute atomic E-state index is 0. The van der Waals surface area contributed by atoms with Gasteiger partial charge in [0, 0.05) is 24.4 Å². The molecule has 0 aromatic carbocycles. The number of nitrogens with two attached hydrogens (primary N) is 1. The minimum atomic E-state index is -0.333. The van der Waals surface area contributed by atoms with Crippen molar-refractivity contribution in [2.75, 3.05) is 45.4 Å². The number of carbonyl (C=O) groups excluding carboxylic acids is 1. The molecule has 7 heteroatoms. The second-order valence-electron chi connectivity index (χ2n) is 4.94. The maximum atomic E-state index is 12.2. The molecule has 0 aromatic rings. The Kier molecular flexibility index (Phi) is 9.53. The van der Waals surface area contributed by atoms with E-state index in [1.807, 2.05) is 22.9 Å². The van der Waals surface area contributed by atoms with Crippen LogP contribution in [0.3, 0.4) is 0 Å². The Hall–Kier alpha value is 0.380. The van der Waals surface area contributed by atoms with E-state index in [1.165, 1.54) is 0 Å². The van der Waals surface area contributed by atoms with E-state index in [2.05, 4.69) is 25.3 Å². The van der Waals surface area contributed by atoms with E-state index in [1.54, 1.807) is 11.8 Å². The van der Waals surface area contributed by atoms with Gasteiger partial charge in [-0.1, -0.05) is 0 Å². The molecule has 3 unspecified atom stereocenters. The zero-order chi connectivity index (χ0) is 13.7. The third-order valence-corrected chi connectivity index (χ3v) is 5.18. The summed E-state index contributed by atoms with van der Waals surface area (Å²) in [4.78, 5) is 16.4. The molecule has 1 saturated heterocycles. The van der Waals surface area contributed by atoms with Crippen molar-refractivity contribution in [3.8, 4) is 0 Å². The summed E-state index contributed by atoms with van der Waals surface area (Å²) >= 11 is 3.58. The zero-order valence-corrected chi connectivity index (χ0v) is 14.6. The monoisotopic (exact) mass is 327 g/mol. The SMILES string of the molecule is CSCCC(N)C(=O)N1CC(SC)C(N(C)C)C1.Cl. The summed E-state index contributed by atoms with van der Waals surface area (Å²) in [5, 5.41) is 0.497. The van der Waals surface area contributed by atoms with Gasteiger partial charge in [-0.3, -0.25) is 4.79 Å². The van der Waals surface area contributed by atoms with Crippen LogP contribution in [0.25, 0.3) is 0 Å². The summed E-state index contributed by atoms with van der Waals surface area (Å²) in [6.45, 7) is 1.64. The first-order valence-corrected chi connectivity index (χ1v) is 8.92. The van der Waals surface area contributed by atoms with Gasteiger partial charge in [0.1, 0.15) is 0 Å². The van der Waals surface area contributed by atoms with Crippen molar-refractivity contribution in [3.63, 3.8) is 0 Å². The van der Waals surface area contributed by atoms with Crippen molar-refractivity contribution in [1.29, 1.82) is 0 Å². The van der Waals surface area contributed by atoms with E-state index in [0.717, 1.165) is 25.3 Å². The normalized spacial score (nSPS) is 24.4. The summed E-state index contributed by atoms with van der Waals surface area (Å²) in [6, 6.07) is 0.109. The van der Waals surface area contributed by atoms with Gasteiger partial charge < -0.3 is 15.5 Å². The Bertz CT molecular complexity index is 282. The molecular formula is C12H26ClN3OS2. The third kappa shape index (κ3) is 5.34. The number of hydrogen-bond acceptors (Lipinski definition) is 5. The fourth-order valence-electron chi connectivity index (χ4n) is 2.27. The maximum Gasteiger partial charge on any atom is 0.239 e. The Balaban J connectivity index is 0.00000324. The minimum Gasteiger partial charge on any atom is -0.339 e. The largest absolute Gasteiger partial charge is 0.339 e. The fraction of sp³-hybridized carbons (Fsp3) is 0.917. The molecule has 1 heterocycles. The van der Waals surface area contributed by atoms with Crippen LogP contribution in [0.2, 0.25) is 0 Å². The molecule has 0 radical (unpaired) electrons. The number of hydrogen-bond donors (Lipinski definition) is 1. The summed E-state index contributed by atoms with van der Waals surface area (Å²) in [5.41, 5.74) is 5.97. The Morgan fingerprint density at radius 2 is 2.05 bits per heavy atom. The number of amides is 1. The average molecular weight is 328 g/mol. The van der Waals surface area contributed by atoms with Crippen LogP contribution in [0.5, 0.6) is 0 Å². The molecule has 1 amide bonds. The van der Waals surface area contributed by atoms with Crippen molar-refractivity contribution in [3.05, 3.63) is 0 Å². The first kappa shape index (κ1) is 19.4. The highest BCUT2D eigenvalue weighted by atomic mass is 35.5. The molecule has 0 aliphatic carbocycles. The first-order chi connectivity index (χ1) is 8.51. The number of nitrogens with zero attached hydrogens (tertiary/aromatic N) is 2. The molecule has 1 fully saturated rings. The second kappa shape index (κ2) is 9.34. The van der Waals surface area contributed by atoms with Crippen LogP contribution in [-0.2, 0) is 4.79 Å². The predicted octanol–water partition coefficient (Wildman–Crippen LogP) is 0.993. The van der Waals surface area contributed by atoms with Crippen molar-refractivity contribution in [2.45, 2.75) is 23.8 Å². The van der Waals surface area contributed by atoms with Gasteiger partial charge in [0.25, 0.3) is 0 Å². The van der Waals surface area contributed by atoms with E-state index in [-0.39, 0.29) is 24.4 Å². The Morgan fingerprint density at radius 1 is 1.42 bits per heavy atom.